The molecule has 2 saturated heterocycles. The van der Waals surface area contributed by atoms with Crippen molar-refractivity contribution in [3.05, 3.63) is 0 Å². The molecule has 0 spiro atoms. The highest BCUT2D eigenvalue weighted by Crippen LogP contribution is 2.15. The monoisotopic (exact) mass is 243 g/mol. The minimum Gasteiger partial charge on any atom is -0.311 e. The van der Waals surface area contributed by atoms with Gasteiger partial charge in [0.05, 0.1) is 0 Å². The number of hydrogen-bond acceptors (Lipinski definition) is 4. The van der Waals surface area contributed by atoms with Crippen LogP contribution in [0, 0.1) is 0 Å². The maximum absolute atomic E-state index is 3.63. The van der Waals surface area contributed by atoms with Crippen molar-refractivity contribution in [3.8, 4) is 0 Å². The number of hydrogen-bond donors (Lipinski definition) is 1. The maximum Gasteiger partial charge on any atom is 0.0285 e. The fraction of sp³-hybridized carbons (Fsp3) is 1.00. The third-order valence-electron chi connectivity index (χ3n) is 3.91. The summed E-state index contributed by atoms with van der Waals surface area (Å²) in [5.41, 5.74) is 0. The lowest BCUT2D eigenvalue weighted by atomic mass is 10.1. The van der Waals surface area contributed by atoms with Crippen molar-refractivity contribution in [1.82, 2.24) is 15.1 Å². The van der Waals surface area contributed by atoms with Gasteiger partial charge >= 0.3 is 0 Å². The molecule has 0 aliphatic carbocycles. The van der Waals surface area contributed by atoms with E-state index in [1.807, 2.05) is 0 Å². The predicted molar refractivity (Wildman–Crippen MR) is 72.2 cm³/mol. The van der Waals surface area contributed by atoms with Gasteiger partial charge in [-0.3, -0.25) is 9.80 Å². The Balaban J connectivity index is 1.81. The Hall–Kier alpha value is 0.230. The molecule has 16 heavy (non-hydrogen) atoms. The van der Waals surface area contributed by atoms with E-state index in [0.717, 1.165) is 0 Å². The van der Waals surface area contributed by atoms with Crippen molar-refractivity contribution in [2.75, 3.05) is 44.7 Å². The molecule has 0 radical (unpaired) electrons. The Bertz CT molecular complexity index is 206. The molecule has 2 fully saturated rings. The van der Waals surface area contributed by atoms with Crippen LogP contribution in [0.4, 0.5) is 0 Å². The third kappa shape index (κ3) is 3.13. The van der Waals surface area contributed by atoms with Gasteiger partial charge < -0.3 is 5.32 Å². The Kier molecular flexibility index (Phi) is 4.53. The highest BCUT2D eigenvalue weighted by atomic mass is 32.2. The van der Waals surface area contributed by atoms with Gasteiger partial charge in [0.15, 0.2) is 0 Å². The van der Waals surface area contributed by atoms with Gasteiger partial charge in [-0.2, -0.15) is 11.8 Å². The summed E-state index contributed by atoms with van der Waals surface area (Å²) >= 11 is 2.09. The minimum atomic E-state index is 0.694. The molecule has 0 amide bonds. The van der Waals surface area contributed by atoms with Crippen molar-refractivity contribution >= 4 is 11.8 Å². The summed E-state index contributed by atoms with van der Waals surface area (Å²) in [4.78, 5) is 5.14. The lowest BCUT2D eigenvalue weighted by molar-refractivity contribution is 0.0557. The molecule has 1 N–H and O–H groups in total. The first-order valence-electron chi connectivity index (χ1n) is 6.42. The normalized spacial score (nSPS) is 38.8. The predicted octanol–water partition coefficient (Wildman–Crippen LogP) is 0.716. The van der Waals surface area contributed by atoms with E-state index in [9.17, 15) is 0 Å². The van der Waals surface area contributed by atoms with Crippen molar-refractivity contribution in [1.29, 1.82) is 0 Å². The first kappa shape index (κ1) is 12.7. The van der Waals surface area contributed by atoms with Crippen LogP contribution in [-0.2, 0) is 0 Å². The second-order valence-corrected chi connectivity index (χ2v) is 6.46. The van der Waals surface area contributed by atoms with Gasteiger partial charge in [-0.05, 0) is 20.9 Å². The Labute approximate surface area is 104 Å². The summed E-state index contributed by atoms with van der Waals surface area (Å²) in [5, 5.41) is 3.63. The second-order valence-electron chi connectivity index (χ2n) is 5.31. The number of nitrogens with one attached hydrogen (secondary N) is 1. The van der Waals surface area contributed by atoms with E-state index in [0.29, 0.717) is 18.1 Å². The van der Waals surface area contributed by atoms with Crippen molar-refractivity contribution < 1.29 is 0 Å². The van der Waals surface area contributed by atoms with Gasteiger partial charge in [0.2, 0.25) is 0 Å². The summed E-state index contributed by atoms with van der Waals surface area (Å²) < 4.78 is 0. The average Bonchev–Trinajstić information content (AvgIpc) is 2.27. The standard InChI is InChI=1S/C12H25N3S/c1-10-6-15(7-11(2)14(10)3)8-12-9-16-5-4-13-12/h10-13H,4-9H2,1-3H3. The lowest BCUT2D eigenvalue weighted by Gasteiger charge is -2.43. The van der Waals surface area contributed by atoms with E-state index in [-0.39, 0.29) is 0 Å². The van der Waals surface area contributed by atoms with Crippen LogP contribution in [0.5, 0.6) is 0 Å². The molecule has 0 aromatic heterocycles. The van der Waals surface area contributed by atoms with Crippen molar-refractivity contribution in [2.24, 2.45) is 0 Å². The largest absolute Gasteiger partial charge is 0.311 e. The summed E-state index contributed by atoms with van der Waals surface area (Å²) in [7, 11) is 2.25. The van der Waals surface area contributed by atoms with Gasteiger partial charge in [0, 0.05) is 55.8 Å². The second kappa shape index (κ2) is 5.71. The molecule has 3 nitrogen and oxygen atoms in total. The van der Waals surface area contributed by atoms with E-state index in [2.05, 4.69) is 47.8 Å². The lowest BCUT2D eigenvalue weighted by Crippen LogP contribution is -2.58. The van der Waals surface area contributed by atoms with Crippen molar-refractivity contribution in [2.45, 2.75) is 32.0 Å². The van der Waals surface area contributed by atoms with E-state index >= 15 is 0 Å². The molecule has 0 saturated carbocycles. The Morgan fingerprint density at radius 3 is 2.50 bits per heavy atom. The summed E-state index contributed by atoms with van der Waals surface area (Å²) in [6.07, 6.45) is 0. The van der Waals surface area contributed by atoms with Crippen LogP contribution >= 0.6 is 11.8 Å². The smallest absolute Gasteiger partial charge is 0.0285 e. The Morgan fingerprint density at radius 1 is 1.25 bits per heavy atom. The van der Waals surface area contributed by atoms with Crippen LogP contribution < -0.4 is 5.32 Å². The molecule has 2 rings (SSSR count). The number of nitrogens with zero attached hydrogens (tertiary/aromatic N) is 2. The minimum absolute atomic E-state index is 0.694. The van der Waals surface area contributed by atoms with E-state index in [1.165, 1.54) is 37.7 Å². The topological polar surface area (TPSA) is 18.5 Å². The van der Waals surface area contributed by atoms with Crippen LogP contribution in [0.2, 0.25) is 0 Å². The number of piperazine rings is 1. The molecule has 0 aromatic rings. The number of likely N-dealkylation sites (N-methyl/N-ethyl adjacent to an activating group) is 1. The van der Waals surface area contributed by atoms with Gasteiger partial charge in [0.25, 0.3) is 0 Å². The molecule has 3 atom stereocenters. The SMILES string of the molecule is CC1CN(CC2CSCCN2)CC(C)N1C. The molecule has 0 aromatic carbocycles. The molecule has 3 unspecified atom stereocenters. The van der Waals surface area contributed by atoms with Crippen LogP contribution in [0.25, 0.3) is 0 Å². The molecule has 2 aliphatic rings. The van der Waals surface area contributed by atoms with E-state index in [4.69, 9.17) is 0 Å². The molecule has 94 valence electrons. The highest BCUT2D eigenvalue weighted by Gasteiger charge is 2.28. The third-order valence-corrected chi connectivity index (χ3v) is 5.04. The molecular formula is C12H25N3S. The van der Waals surface area contributed by atoms with Gasteiger partial charge in [-0.25, -0.2) is 0 Å². The average molecular weight is 243 g/mol. The van der Waals surface area contributed by atoms with Crippen LogP contribution in [0.1, 0.15) is 13.8 Å². The van der Waals surface area contributed by atoms with Gasteiger partial charge in [-0.1, -0.05) is 0 Å². The quantitative estimate of drug-likeness (QED) is 0.770. The summed E-state index contributed by atoms with van der Waals surface area (Å²) in [6.45, 7) is 9.55. The molecular weight excluding hydrogens is 218 g/mol. The van der Waals surface area contributed by atoms with E-state index < -0.39 is 0 Å². The summed E-state index contributed by atoms with van der Waals surface area (Å²) in [5.74, 6) is 2.57. The molecule has 2 heterocycles. The molecule has 0 bridgehead atoms. The zero-order valence-corrected chi connectivity index (χ0v) is 11.6. The number of thioether (sulfide) groups is 1. The van der Waals surface area contributed by atoms with Gasteiger partial charge in [-0.15, -0.1) is 0 Å². The highest BCUT2D eigenvalue weighted by molar-refractivity contribution is 7.99. The van der Waals surface area contributed by atoms with Crippen LogP contribution in [-0.4, -0.2) is 72.7 Å². The van der Waals surface area contributed by atoms with Crippen LogP contribution in [0.15, 0.2) is 0 Å². The fourth-order valence-corrected chi connectivity index (χ4v) is 3.65. The van der Waals surface area contributed by atoms with Gasteiger partial charge in [0.1, 0.15) is 0 Å². The molecule has 4 heteroatoms. The number of rotatable bonds is 2. The zero-order valence-electron chi connectivity index (χ0n) is 10.8. The maximum atomic E-state index is 3.63. The first-order valence-corrected chi connectivity index (χ1v) is 7.57. The summed E-state index contributed by atoms with van der Waals surface area (Å²) in [6, 6.07) is 2.10. The molecule has 2 aliphatic heterocycles. The van der Waals surface area contributed by atoms with Crippen molar-refractivity contribution in [3.63, 3.8) is 0 Å². The first-order chi connectivity index (χ1) is 7.66. The van der Waals surface area contributed by atoms with Crippen LogP contribution in [0.3, 0.4) is 0 Å². The van der Waals surface area contributed by atoms with E-state index in [1.54, 1.807) is 0 Å². The fourth-order valence-electron chi connectivity index (χ4n) is 2.71. The Morgan fingerprint density at radius 2 is 1.94 bits per heavy atom. The zero-order chi connectivity index (χ0) is 11.5.